The number of hydrogen-bond donors (Lipinski definition) is 2. The molecule has 2 rings (SSSR count). The van der Waals surface area contributed by atoms with Crippen LogP contribution in [-0.4, -0.2) is 32.8 Å². The lowest BCUT2D eigenvalue weighted by Crippen LogP contribution is -2.36. The van der Waals surface area contributed by atoms with Crippen molar-refractivity contribution in [1.82, 2.24) is 0 Å². The number of nitrogens with zero attached hydrogens (tertiary/aromatic N) is 1. The van der Waals surface area contributed by atoms with Gasteiger partial charge in [0.05, 0.1) is 16.9 Å². The van der Waals surface area contributed by atoms with Crippen LogP contribution in [0, 0.1) is 0 Å². The van der Waals surface area contributed by atoms with Gasteiger partial charge in [-0.05, 0) is 24.1 Å². The third-order valence-electron chi connectivity index (χ3n) is 3.30. The molecule has 1 aliphatic rings. The summed E-state index contributed by atoms with van der Waals surface area (Å²) >= 11 is 0. The van der Waals surface area contributed by atoms with Crippen molar-refractivity contribution in [3.05, 3.63) is 23.3 Å². The van der Waals surface area contributed by atoms with Crippen LogP contribution in [0.4, 0.5) is 24.5 Å². The number of nitrogens with one attached hydrogen (secondary N) is 1. The van der Waals surface area contributed by atoms with Gasteiger partial charge < -0.3 is 10.2 Å². The molecular weight excluding hydrogens is 325 g/mol. The van der Waals surface area contributed by atoms with Crippen LogP contribution in [0.15, 0.2) is 12.1 Å². The zero-order valence-corrected chi connectivity index (χ0v) is 12.5. The second-order valence-corrected chi connectivity index (χ2v) is 5.83. The van der Waals surface area contributed by atoms with Crippen molar-refractivity contribution in [2.45, 2.75) is 19.5 Å². The van der Waals surface area contributed by atoms with E-state index in [9.17, 15) is 21.6 Å². The minimum atomic E-state index is -4.62. The van der Waals surface area contributed by atoms with Crippen molar-refractivity contribution in [1.29, 1.82) is 0 Å². The fraction of sp³-hybridized carbons (Fsp3) is 0.500. The second-order valence-electron chi connectivity index (χ2n) is 4.74. The lowest BCUT2D eigenvalue weighted by atomic mass is 10.0. The molecule has 0 aromatic heterocycles. The Kier molecular flexibility index (Phi) is 4.54. The van der Waals surface area contributed by atoms with Crippen LogP contribution in [0.2, 0.25) is 0 Å². The summed E-state index contributed by atoms with van der Waals surface area (Å²) < 4.78 is 73.3. The third-order valence-corrected chi connectivity index (χ3v) is 3.71. The van der Waals surface area contributed by atoms with Gasteiger partial charge in [0, 0.05) is 13.1 Å². The molecule has 1 heterocycles. The van der Waals surface area contributed by atoms with Crippen molar-refractivity contribution in [2.75, 3.05) is 30.0 Å². The SMILES string of the molecule is CCc1cc2c(cc1C(F)(F)F)NCCN2COS(=O)(=O)O. The van der Waals surface area contributed by atoms with Gasteiger partial charge in [0.2, 0.25) is 0 Å². The molecule has 0 radical (unpaired) electrons. The largest absolute Gasteiger partial charge is 0.416 e. The standard InChI is InChI=1S/C12H15F3N2O4S/c1-2-8-5-11-10(6-9(8)12(13,14)15)16-3-4-17(11)7-21-22(18,19)20/h5-6,16H,2-4,7H2,1H3,(H,18,19,20). The molecule has 1 aromatic rings. The van der Waals surface area contributed by atoms with Gasteiger partial charge in [-0.25, -0.2) is 4.18 Å². The minimum absolute atomic E-state index is 0.104. The Labute approximate surface area is 125 Å². The lowest BCUT2D eigenvalue weighted by molar-refractivity contribution is -0.138. The number of anilines is 2. The number of fused-ring (bicyclic) bond motifs is 1. The van der Waals surface area contributed by atoms with Gasteiger partial charge in [-0.3, -0.25) is 4.55 Å². The number of halogens is 3. The minimum Gasteiger partial charge on any atom is -0.382 e. The number of rotatable bonds is 4. The molecule has 0 amide bonds. The predicted octanol–water partition coefficient (Wildman–Crippen LogP) is 2.28. The maximum Gasteiger partial charge on any atom is 0.416 e. The van der Waals surface area contributed by atoms with Crippen molar-refractivity contribution < 1.29 is 30.3 Å². The second kappa shape index (κ2) is 5.94. The molecule has 0 spiro atoms. The Morgan fingerprint density at radius 3 is 2.64 bits per heavy atom. The van der Waals surface area contributed by atoms with E-state index in [1.54, 1.807) is 6.92 Å². The first-order valence-corrected chi connectivity index (χ1v) is 7.83. The van der Waals surface area contributed by atoms with Crippen LogP contribution in [0.25, 0.3) is 0 Å². The molecule has 1 aliphatic heterocycles. The summed E-state index contributed by atoms with van der Waals surface area (Å²) in [5.74, 6) is 0. The van der Waals surface area contributed by atoms with Gasteiger partial charge in [0.25, 0.3) is 0 Å². The van der Waals surface area contributed by atoms with Gasteiger partial charge in [-0.1, -0.05) is 6.92 Å². The summed E-state index contributed by atoms with van der Waals surface area (Å²) in [7, 11) is -4.62. The summed E-state index contributed by atoms with van der Waals surface area (Å²) in [5, 5.41) is 2.84. The zero-order valence-electron chi connectivity index (χ0n) is 11.6. The smallest absolute Gasteiger partial charge is 0.382 e. The molecule has 0 atom stereocenters. The number of benzene rings is 1. The first kappa shape index (κ1) is 16.8. The van der Waals surface area contributed by atoms with E-state index in [1.165, 1.54) is 11.0 Å². The van der Waals surface area contributed by atoms with E-state index >= 15 is 0 Å². The first-order valence-electron chi connectivity index (χ1n) is 6.46. The molecule has 6 nitrogen and oxygen atoms in total. The highest BCUT2D eigenvalue weighted by atomic mass is 32.3. The molecular formula is C12H15F3N2O4S. The van der Waals surface area contributed by atoms with E-state index < -0.39 is 28.9 Å². The van der Waals surface area contributed by atoms with E-state index in [4.69, 9.17) is 4.55 Å². The van der Waals surface area contributed by atoms with Crippen LogP contribution >= 0.6 is 0 Å². The van der Waals surface area contributed by atoms with Gasteiger partial charge in [0.15, 0.2) is 0 Å². The van der Waals surface area contributed by atoms with Gasteiger partial charge in [0.1, 0.15) is 6.73 Å². The molecule has 2 N–H and O–H groups in total. The zero-order chi connectivity index (χ0) is 16.5. The maximum atomic E-state index is 13.0. The number of alkyl halides is 3. The summed E-state index contributed by atoms with van der Waals surface area (Å²) in [5.41, 5.74) is 0.0278. The highest BCUT2D eigenvalue weighted by Gasteiger charge is 2.35. The average molecular weight is 340 g/mol. The fourth-order valence-corrected chi connectivity index (χ4v) is 2.56. The fourth-order valence-electron chi connectivity index (χ4n) is 2.30. The van der Waals surface area contributed by atoms with Crippen molar-refractivity contribution in [2.24, 2.45) is 0 Å². The monoisotopic (exact) mass is 340 g/mol. The van der Waals surface area contributed by atoms with Crippen LogP contribution in [0.5, 0.6) is 0 Å². The molecule has 0 saturated heterocycles. The summed E-state index contributed by atoms with van der Waals surface area (Å²) in [6, 6.07) is 2.37. The van der Waals surface area contributed by atoms with E-state index in [0.29, 0.717) is 18.8 Å². The molecule has 0 saturated carbocycles. The van der Waals surface area contributed by atoms with E-state index in [-0.39, 0.29) is 17.7 Å². The highest BCUT2D eigenvalue weighted by molar-refractivity contribution is 7.80. The topological polar surface area (TPSA) is 78.9 Å². The van der Waals surface area contributed by atoms with Crippen LogP contribution in [-0.2, 0) is 27.2 Å². The van der Waals surface area contributed by atoms with Gasteiger partial charge in [-0.2, -0.15) is 21.6 Å². The Balaban J connectivity index is 2.39. The molecule has 22 heavy (non-hydrogen) atoms. The Hall–Kier alpha value is -1.52. The average Bonchev–Trinajstić information content (AvgIpc) is 2.41. The third kappa shape index (κ3) is 3.81. The van der Waals surface area contributed by atoms with Crippen LogP contribution in [0.1, 0.15) is 18.1 Å². The first-order chi connectivity index (χ1) is 10.1. The van der Waals surface area contributed by atoms with Gasteiger partial charge >= 0.3 is 16.6 Å². The molecule has 1 aromatic carbocycles. The maximum absolute atomic E-state index is 13.0. The molecule has 0 fully saturated rings. The molecule has 0 aliphatic carbocycles. The van der Waals surface area contributed by atoms with E-state index in [0.717, 1.165) is 6.07 Å². The van der Waals surface area contributed by atoms with Crippen molar-refractivity contribution in [3.8, 4) is 0 Å². The number of hydrogen-bond acceptors (Lipinski definition) is 5. The van der Waals surface area contributed by atoms with Crippen molar-refractivity contribution >= 4 is 21.8 Å². The van der Waals surface area contributed by atoms with Crippen LogP contribution < -0.4 is 10.2 Å². The summed E-state index contributed by atoms with van der Waals surface area (Å²) in [6.07, 6.45) is -4.29. The normalized spacial score (nSPS) is 15.4. The molecule has 10 heteroatoms. The summed E-state index contributed by atoms with van der Waals surface area (Å²) in [6.45, 7) is 1.79. The molecule has 0 unspecified atom stereocenters. The number of aryl methyl sites for hydroxylation is 1. The molecule has 124 valence electrons. The Bertz CT molecular complexity index is 661. The van der Waals surface area contributed by atoms with Gasteiger partial charge in [-0.15, -0.1) is 0 Å². The Morgan fingerprint density at radius 2 is 2.09 bits per heavy atom. The van der Waals surface area contributed by atoms with Crippen LogP contribution in [0.3, 0.4) is 0 Å². The molecule has 0 bridgehead atoms. The van der Waals surface area contributed by atoms with E-state index in [2.05, 4.69) is 9.50 Å². The lowest BCUT2D eigenvalue weighted by Gasteiger charge is -2.32. The quantitative estimate of drug-likeness (QED) is 0.819. The Morgan fingerprint density at radius 1 is 1.41 bits per heavy atom. The van der Waals surface area contributed by atoms with Crippen molar-refractivity contribution in [3.63, 3.8) is 0 Å². The summed E-state index contributed by atoms with van der Waals surface area (Å²) in [4.78, 5) is 1.44. The highest BCUT2D eigenvalue weighted by Crippen LogP contribution is 2.39. The predicted molar refractivity (Wildman–Crippen MR) is 74.2 cm³/mol. The van der Waals surface area contributed by atoms with E-state index in [1.807, 2.05) is 0 Å².